The maximum absolute atomic E-state index is 2.73. The molecule has 4 heteroatoms. The lowest BCUT2D eigenvalue weighted by molar-refractivity contribution is 0.332. The van der Waals surface area contributed by atoms with E-state index in [9.17, 15) is 0 Å². The Morgan fingerprint density at radius 3 is 1.84 bits per heavy atom. The second-order valence-electron chi connectivity index (χ2n) is 24.5. The van der Waals surface area contributed by atoms with Gasteiger partial charge in [-0.2, -0.15) is 0 Å². The summed E-state index contributed by atoms with van der Waals surface area (Å²) in [6.45, 7) is 31.6. The first-order valence-corrected chi connectivity index (χ1v) is 25.7. The van der Waals surface area contributed by atoms with Gasteiger partial charge in [0.05, 0.1) is 16.1 Å². The van der Waals surface area contributed by atoms with Crippen molar-refractivity contribution in [3.8, 4) is 11.1 Å². The molecule has 0 atom stereocenters. The Morgan fingerprint density at radius 1 is 0.522 bits per heavy atom. The van der Waals surface area contributed by atoms with Crippen molar-refractivity contribution in [3.05, 3.63) is 160 Å². The standard InChI is InChI=1S/C63H65BN2S/c1-37-29-53-56-54(30-37)66(50-26-23-40(59(3,4)5)32-43(50)39-19-15-14-16-20-39)57-48(25-24-42-41-21-17-18-22-55(41)67-58(42)57)64(56)49-33-45-47(63(12,13)36-62(45,10)11)35-52(49)65(53)51-34-46-44(31-38(51)2)60(6,7)27-28-61(46,8)9/h14-26,29-35H,27-28,36H2,1-13H3. The lowest BCUT2D eigenvalue weighted by atomic mass is 9.33. The molecule has 0 unspecified atom stereocenters. The summed E-state index contributed by atoms with van der Waals surface area (Å²) in [5, 5.41) is 2.66. The molecule has 0 amide bonds. The molecule has 8 aromatic rings. The number of rotatable bonds is 3. The third kappa shape index (κ3) is 6.20. The summed E-state index contributed by atoms with van der Waals surface area (Å²) in [4.78, 5) is 5.44. The molecule has 0 bridgehead atoms. The minimum absolute atomic E-state index is 0.0163. The van der Waals surface area contributed by atoms with E-state index in [-0.39, 0.29) is 33.8 Å². The van der Waals surface area contributed by atoms with Gasteiger partial charge in [-0.05, 0) is 164 Å². The third-order valence-electron chi connectivity index (χ3n) is 16.8. The summed E-state index contributed by atoms with van der Waals surface area (Å²) in [7, 11) is 0. The Hall–Kier alpha value is -5.58. The van der Waals surface area contributed by atoms with Crippen LogP contribution in [-0.4, -0.2) is 6.71 Å². The molecule has 3 heterocycles. The zero-order chi connectivity index (χ0) is 46.9. The molecule has 7 aromatic carbocycles. The molecule has 67 heavy (non-hydrogen) atoms. The number of anilines is 6. The van der Waals surface area contributed by atoms with Crippen molar-refractivity contribution in [1.29, 1.82) is 0 Å². The van der Waals surface area contributed by atoms with Crippen molar-refractivity contribution in [1.82, 2.24) is 0 Å². The maximum atomic E-state index is 2.73. The topological polar surface area (TPSA) is 6.48 Å². The van der Waals surface area contributed by atoms with Crippen LogP contribution >= 0.6 is 11.3 Å². The molecular weight excluding hydrogens is 828 g/mol. The number of fused-ring (bicyclic) bond motifs is 10. The van der Waals surface area contributed by atoms with Gasteiger partial charge in [-0.3, -0.25) is 0 Å². The van der Waals surface area contributed by atoms with Gasteiger partial charge in [0.15, 0.2) is 0 Å². The van der Waals surface area contributed by atoms with Crippen LogP contribution in [0.25, 0.3) is 31.3 Å². The largest absolute Gasteiger partial charge is 0.311 e. The van der Waals surface area contributed by atoms with Gasteiger partial charge in [0.1, 0.15) is 0 Å². The van der Waals surface area contributed by atoms with Crippen LogP contribution < -0.4 is 26.2 Å². The van der Waals surface area contributed by atoms with Crippen LogP contribution in [0.1, 0.15) is 134 Å². The molecular formula is C63H65BN2S. The quantitative estimate of drug-likeness (QED) is 0.163. The van der Waals surface area contributed by atoms with Crippen molar-refractivity contribution >= 4 is 88.7 Å². The fourth-order valence-corrected chi connectivity index (χ4v) is 14.6. The van der Waals surface area contributed by atoms with Gasteiger partial charge < -0.3 is 9.80 Å². The highest BCUT2D eigenvalue weighted by atomic mass is 32.1. The SMILES string of the molecule is Cc1cc2c3c(c1)N(c1ccc(C(C)(C)C)cc1-c1ccccc1)c1c(ccc4c1sc1ccccc14)B3c1cc3c(cc1N2c1cc2c(cc1C)C(C)(C)CCC2(C)C)C(C)(C)CC3(C)C. The number of nitrogens with zero attached hydrogens (tertiary/aromatic N) is 2. The van der Waals surface area contributed by atoms with Crippen molar-refractivity contribution in [2.45, 2.75) is 136 Å². The molecule has 0 radical (unpaired) electrons. The van der Waals surface area contributed by atoms with Crippen LogP contribution in [0.4, 0.5) is 34.1 Å². The molecule has 2 nitrogen and oxygen atoms in total. The van der Waals surface area contributed by atoms with Gasteiger partial charge >= 0.3 is 0 Å². The lowest BCUT2D eigenvalue weighted by Crippen LogP contribution is -2.61. The van der Waals surface area contributed by atoms with Crippen molar-refractivity contribution in [3.63, 3.8) is 0 Å². The Balaban J connectivity index is 1.24. The maximum Gasteiger partial charge on any atom is 0.252 e. The Kier molecular flexibility index (Phi) is 8.94. The fraction of sp³-hybridized carbons (Fsp3) is 0.333. The fourth-order valence-electron chi connectivity index (χ4n) is 13.4. The zero-order valence-electron chi connectivity index (χ0n) is 42.0. The normalized spacial score (nSPS) is 18.1. The highest BCUT2D eigenvalue weighted by Crippen LogP contribution is 2.56. The van der Waals surface area contributed by atoms with E-state index in [0.29, 0.717) is 0 Å². The van der Waals surface area contributed by atoms with Crippen molar-refractivity contribution in [2.24, 2.45) is 0 Å². The molecule has 2 aliphatic carbocycles. The predicted octanol–water partition coefficient (Wildman–Crippen LogP) is 16.0. The Labute approximate surface area is 404 Å². The van der Waals surface area contributed by atoms with Crippen LogP contribution in [0.3, 0.4) is 0 Å². The zero-order valence-corrected chi connectivity index (χ0v) is 42.9. The van der Waals surface area contributed by atoms with E-state index in [2.05, 4.69) is 221 Å². The first kappa shape index (κ1) is 42.8. The number of benzene rings is 7. The van der Waals surface area contributed by atoms with E-state index < -0.39 is 0 Å². The minimum atomic E-state index is -0.0163. The van der Waals surface area contributed by atoms with Crippen molar-refractivity contribution in [2.75, 3.05) is 9.80 Å². The van der Waals surface area contributed by atoms with Gasteiger partial charge in [0, 0.05) is 43.8 Å². The van der Waals surface area contributed by atoms with E-state index in [4.69, 9.17) is 0 Å². The summed E-state index contributed by atoms with van der Waals surface area (Å²) >= 11 is 1.96. The van der Waals surface area contributed by atoms with Gasteiger partial charge in [-0.25, -0.2) is 0 Å². The summed E-state index contributed by atoms with van der Waals surface area (Å²) in [6, 6.07) is 48.0. The number of aryl methyl sites for hydroxylation is 2. The summed E-state index contributed by atoms with van der Waals surface area (Å²) in [5.74, 6) is 0. The molecule has 12 rings (SSSR count). The molecule has 4 aliphatic rings. The highest BCUT2D eigenvalue weighted by molar-refractivity contribution is 7.26. The van der Waals surface area contributed by atoms with Crippen LogP contribution in [0, 0.1) is 13.8 Å². The second kappa shape index (κ2) is 14.0. The van der Waals surface area contributed by atoms with E-state index in [1.807, 2.05) is 11.3 Å². The third-order valence-corrected chi connectivity index (χ3v) is 18.0. The molecule has 336 valence electrons. The monoisotopic (exact) mass is 892 g/mol. The average molecular weight is 893 g/mol. The highest BCUT2D eigenvalue weighted by Gasteiger charge is 2.49. The Bertz CT molecular complexity index is 3410. The molecule has 0 spiro atoms. The van der Waals surface area contributed by atoms with Gasteiger partial charge in [-0.15, -0.1) is 11.3 Å². The number of hydrogen-bond donors (Lipinski definition) is 0. The molecule has 0 saturated heterocycles. The van der Waals surface area contributed by atoms with E-state index in [1.54, 1.807) is 0 Å². The number of hydrogen-bond acceptors (Lipinski definition) is 3. The second-order valence-corrected chi connectivity index (χ2v) is 25.6. The summed E-state index contributed by atoms with van der Waals surface area (Å²) in [5.41, 5.74) is 24.7. The lowest BCUT2D eigenvalue weighted by Gasteiger charge is -2.47. The molecule has 2 aliphatic heterocycles. The first-order valence-electron chi connectivity index (χ1n) is 24.9. The van der Waals surface area contributed by atoms with E-state index >= 15 is 0 Å². The van der Waals surface area contributed by atoms with Crippen LogP contribution in [0.5, 0.6) is 0 Å². The van der Waals surface area contributed by atoms with Gasteiger partial charge in [0.25, 0.3) is 6.71 Å². The van der Waals surface area contributed by atoms with Crippen LogP contribution in [0.15, 0.2) is 121 Å². The predicted molar refractivity (Wildman–Crippen MR) is 293 cm³/mol. The minimum Gasteiger partial charge on any atom is -0.311 e. The van der Waals surface area contributed by atoms with Gasteiger partial charge in [-0.1, -0.05) is 155 Å². The van der Waals surface area contributed by atoms with E-state index in [1.165, 1.54) is 134 Å². The van der Waals surface area contributed by atoms with Crippen LogP contribution in [-0.2, 0) is 27.1 Å². The average Bonchev–Trinajstić information content (AvgIpc) is 3.74. The van der Waals surface area contributed by atoms with Crippen LogP contribution in [0.2, 0.25) is 0 Å². The number of thiophene rings is 1. The van der Waals surface area contributed by atoms with Gasteiger partial charge in [0.2, 0.25) is 0 Å². The molecule has 0 saturated carbocycles. The molecule has 1 aromatic heterocycles. The first-order chi connectivity index (χ1) is 31.6. The van der Waals surface area contributed by atoms with Crippen molar-refractivity contribution < 1.29 is 0 Å². The smallest absolute Gasteiger partial charge is 0.252 e. The summed E-state index contributed by atoms with van der Waals surface area (Å²) < 4.78 is 2.69. The molecule has 0 fully saturated rings. The molecule has 0 N–H and O–H groups in total. The Morgan fingerprint density at radius 2 is 1.13 bits per heavy atom. The van der Waals surface area contributed by atoms with E-state index in [0.717, 1.165) is 6.42 Å². The summed E-state index contributed by atoms with van der Waals surface area (Å²) in [6.07, 6.45) is 3.51.